The highest BCUT2D eigenvalue weighted by Gasteiger charge is 2.27. The molecular formula is C23H24FNO. The van der Waals surface area contributed by atoms with E-state index >= 15 is 0 Å². The largest absolute Gasteiger partial charge is 0.508 e. The van der Waals surface area contributed by atoms with Crippen molar-refractivity contribution < 1.29 is 9.50 Å². The average Bonchev–Trinajstić information content (AvgIpc) is 3.11. The highest BCUT2D eigenvalue weighted by atomic mass is 19.1. The smallest absolute Gasteiger partial charge is 0.131 e. The summed E-state index contributed by atoms with van der Waals surface area (Å²) in [4.78, 5) is 0. The van der Waals surface area contributed by atoms with E-state index in [2.05, 4.69) is 12.2 Å². The van der Waals surface area contributed by atoms with Crippen LogP contribution in [-0.4, -0.2) is 11.1 Å². The molecule has 0 bridgehead atoms. The van der Waals surface area contributed by atoms with Crippen LogP contribution in [0.1, 0.15) is 49.3 Å². The fraction of sp³-hybridized carbons (Fsp3) is 0.304. The van der Waals surface area contributed by atoms with E-state index in [1.165, 1.54) is 5.56 Å². The second-order valence-corrected chi connectivity index (χ2v) is 7.37. The monoisotopic (exact) mass is 349 g/mol. The molecule has 1 aliphatic carbocycles. The molecule has 0 amide bonds. The van der Waals surface area contributed by atoms with Gasteiger partial charge in [-0.15, -0.1) is 0 Å². The van der Waals surface area contributed by atoms with E-state index in [-0.39, 0.29) is 11.9 Å². The first-order valence-corrected chi connectivity index (χ1v) is 9.34. The Morgan fingerprint density at radius 1 is 0.962 bits per heavy atom. The van der Waals surface area contributed by atoms with Gasteiger partial charge >= 0.3 is 0 Å². The number of halogens is 1. The minimum Gasteiger partial charge on any atom is -0.508 e. The van der Waals surface area contributed by atoms with Crippen LogP contribution in [0.4, 0.5) is 4.39 Å². The lowest BCUT2D eigenvalue weighted by atomic mass is 9.96. The van der Waals surface area contributed by atoms with Crippen LogP contribution in [-0.2, 0) is 0 Å². The van der Waals surface area contributed by atoms with E-state index in [9.17, 15) is 9.50 Å². The molecule has 0 radical (unpaired) electrons. The Bertz CT molecular complexity index is 906. The zero-order valence-corrected chi connectivity index (χ0v) is 15.0. The third kappa shape index (κ3) is 3.32. The summed E-state index contributed by atoms with van der Waals surface area (Å²) < 4.78 is 14.1. The molecule has 2 N–H and O–H groups in total. The molecule has 2 unspecified atom stereocenters. The van der Waals surface area contributed by atoms with Crippen molar-refractivity contribution in [1.29, 1.82) is 0 Å². The lowest BCUT2D eigenvalue weighted by molar-refractivity contribution is 0.458. The van der Waals surface area contributed by atoms with Crippen LogP contribution in [0.3, 0.4) is 0 Å². The fourth-order valence-corrected chi connectivity index (χ4v) is 4.29. The number of hydrogen-bond acceptors (Lipinski definition) is 2. The summed E-state index contributed by atoms with van der Waals surface area (Å²) in [7, 11) is 0. The maximum atomic E-state index is 14.1. The van der Waals surface area contributed by atoms with Gasteiger partial charge in [-0.2, -0.15) is 0 Å². The van der Waals surface area contributed by atoms with Gasteiger partial charge in [-0.3, -0.25) is 0 Å². The molecule has 0 spiro atoms. The predicted octanol–water partition coefficient (Wildman–Crippen LogP) is 5.67. The first-order valence-electron chi connectivity index (χ1n) is 9.34. The molecule has 3 atom stereocenters. The Balaban J connectivity index is 1.48. The van der Waals surface area contributed by atoms with Crippen molar-refractivity contribution in [3.8, 4) is 5.75 Å². The molecule has 0 aromatic heterocycles. The zero-order chi connectivity index (χ0) is 18.1. The molecule has 0 heterocycles. The Hall–Kier alpha value is -2.39. The number of aromatic hydroxyl groups is 1. The topological polar surface area (TPSA) is 32.3 Å². The molecule has 1 fully saturated rings. The van der Waals surface area contributed by atoms with Gasteiger partial charge in [0.25, 0.3) is 0 Å². The molecule has 1 saturated carbocycles. The summed E-state index contributed by atoms with van der Waals surface area (Å²) in [5.74, 6) is 0.688. The van der Waals surface area contributed by atoms with E-state index in [0.717, 1.165) is 30.2 Å². The molecule has 3 aromatic rings. The molecule has 0 saturated heterocycles. The third-order valence-corrected chi connectivity index (χ3v) is 5.65. The van der Waals surface area contributed by atoms with Crippen molar-refractivity contribution >= 4 is 10.8 Å². The molecule has 3 heteroatoms. The minimum atomic E-state index is -0.162. The van der Waals surface area contributed by atoms with E-state index in [4.69, 9.17) is 0 Å². The molecule has 4 rings (SSSR count). The number of phenolic OH excluding ortho intramolecular Hbond substituents is 1. The number of fused-ring (bicyclic) bond motifs is 1. The summed E-state index contributed by atoms with van der Waals surface area (Å²) in [6, 6.07) is 19.4. The van der Waals surface area contributed by atoms with Crippen molar-refractivity contribution in [2.24, 2.45) is 0 Å². The summed E-state index contributed by atoms with van der Waals surface area (Å²) in [5.41, 5.74) is 2.45. The second-order valence-electron chi connectivity index (χ2n) is 7.37. The predicted molar refractivity (Wildman–Crippen MR) is 104 cm³/mol. The Labute approximate surface area is 153 Å². The maximum Gasteiger partial charge on any atom is 0.131 e. The summed E-state index contributed by atoms with van der Waals surface area (Å²) in [6.45, 7) is 2.16. The van der Waals surface area contributed by atoms with Crippen LogP contribution in [0.2, 0.25) is 0 Å². The van der Waals surface area contributed by atoms with E-state index in [0.29, 0.717) is 23.1 Å². The van der Waals surface area contributed by atoms with Gasteiger partial charge < -0.3 is 10.4 Å². The normalized spacial score (nSPS) is 21.2. The lowest BCUT2D eigenvalue weighted by Crippen LogP contribution is -2.29. The van der Waals surface area contributed by atoms with Crippen molar-refractivity contribution in [1.82, 2.24) is 5.32 Å². The number of nitrogens with one attached hydrogen (secondary N) is 1. The van der Waals surface area contributed by atoms with Gasteiger partial charge in [0.1, 0.15) is 11.6 Å². The average molecular weight is 349 g/mol. The third-order valence-electron chi connectivity index (χ3n) is 5.65. The molecule has 1 aliphatic rings. The first-order chi connectivity index (χ1) is 12.6. The van der Waals surface area contributed by atoms with Gasteiger partial charge in [0, 0.05) is 17.5 Å². The maximum absolute atomic E-state index is 14.1. The first kappa shape index (κ1) is 17.0. The lowest BCUT2D eigenvalue weighted by Gasteiger charge is -2.22. The minimum absolute atomic E-state index is 0.162. The standard InChI is InChI=1S/C23H24FNO/c1-15(20-12-13-23(24)22-5-3-2-4-21(20)22)25-18-9-6-17(14-18)16-7-10-19(26)11-8-16/h2-5,7-8,10-13,15,17-18,25-26H,6,9,14H2,1H3/t15?,17-,18?/m0/s1. The van der Waals surface area contributed by atoms with E-state index in [1.54, 1.807) is 18.2 Å². The molecule has 134 valence electrons. The Morgan fingerprint density at radius 2 is 1.69 bits per heavy atom. The molecular weight excluding hydrogens is 325 g/mol. The van der Waals surface area contributed by atoms with Crippen LogP contribution in [0.5, 0.6) is 5.75 Å². The van der Waals surface area contributed by atoms with E-state index < -0.39 is 0 Å². The summed E-state index contributed by atoms with van der Waals surface area (Å²) >= 11 is 0. The fourth-order valence-electron chi connectivity index (χ4n) is 4.29. The van der Waals surface area contributed by atoms with Crippen LogP contribution in [0, 0.1) is 5.82 Å². The number of phenols is 1. The Kier molecular flexibility index (Phi) is 4.64. The zero-order valence-electron chi connectivity index (χ0n) is 15.0. The van der Waals surface area contributed by atoms with Crippen molar-refractivity contribution in [3.63, 3.8) is 0 Å². The Morgan fingerprint density at radius 3 is 2.46 bits per heavy atom. The van der Waals surface area contributed by atoms with Gasteiger partial charge in [-0.1, -0.05) is 42.5 Å². The van der Waals surface area contributed by atoms with Gasteiger partial charge in [-0.25, -0.2) is 4.39 Å². The van der Waals surface area contributed by atoms with Crippen LogP contribution in [0.25, 0.3) is 10.8 Å². The van der Waals surface area contributed by atoms with Crippen LogP contribution in [0.15, 0.2) is 60.7 Å². The number of hydrogen-bond donors (Lipinski definition) is 2. The highest BCUT2D eigenvalue weighted by molar-refractivity contribution is 5.86. The van der Waals surface area contributed by atoms with Crippen LogP contribution < -0.4 is 5.32 Å². The highest BCUT2D eigenvalue weighted by Crippen LogP contribution is 2.36. The SMILES string of the molecule is CC(NC1CC[C@H](c2ccc(O)cc2)C1)c1ccc(F)c2ccccc12. The van der Waals surface area contributed by atoms with Crippen LogP contribution >= 0.6 is 0 Å². The molecule has 26 heavy (non-hydrogen) atoms. The number of rotatable bonds is 4. The van der Waals surface area contributed by atoms with Crippen molar-refractivity contribution in [3.05, 3.63) is 77.6 Å². The van der Waals surface area contributed by atoms with Crippen molar-refractivity contribution in [2.75, 3.05) is 0 Å². The molecule has 2 nitrogen and oxygen atoms in total. The van der Waals surface area contributed by atoms with Gasteiger partial charge in [-0.05, 0) is 66.8 Å². The van der Waals surface area contributed by atoms with Gasteiger partial charge in [0.15, 0.2) is 0 Å². The molecule has 3 aromatic carbocycles. The van der Waals surface area contributed by atoms with Gasteiger partial charge in [0.2, 0.25) is 0 Å². The second kappa shape index (κ2) is 7.08. The number of benzene rings is 3. The quantitative estimate of drug-likeness (QED) is 0.636. The summed E-state index contributed by atoms with van der Waals surface area (Å²) in [6.07, 6.45) is 3.38. The van der Waals surface area contributed by atoms with E-state index in [1.807, 2.05) is 42.5 Å². The van der Waals surface area contributed by atoms with Crippen molar-refractivity contribution in [2.45, 2.75) is 44.2 Å². The molecule has 0 aliphatic heterocycles. The summed E-state index contributed by atoms with van der Waals surface area (Å²) in [5, 5.41) is 14.9. The van der Waals surface area contributed by atoms with Gasteiger partial charge in [0.05, 0.1) is 0 Å².